The van der Waals surface area contributed by atoms with Crippen LogP contribution in [-0.2, 0) is 19.6 Å². The van der Waals surface area contributed by atoms with E-state index in [9.17, 15) is 18.0 Å². The van der Waals surface area contributed by atoms with Crippen molar-refractivity contribution in [2.24, 2.45) is 5.92 Å². The lowest BCUT2D eigenvalue weighted by molar-refractivity contribution is -0.120. The van der Waals surface area contributed by atoms with Crippen LogP contribution in [0.3, 0.4) is 0 Å². The largest absolute Gasteiger partial charge is 0.495 e. The van der Waals surface area contributed by atoms with Crippen LogP contribution in [0.15, 0.2) is 47.4 Å². The number of halogens is 1. The van der Waals surface area contributed by atoms with E-state index in [0.29, 0.717) is 29.1 Å². The molecule has 2 aromatic rings. The second kappa shape index (κ2) is 10.3. The van der Waals surface area contributed by atoms with Gasteiger partial charge in [0.25, 0.3) is 0 Å². The number of sulfonamides is 1. The molecule has 1 aliphatic rings. The maximum absolute atomic E-state index is 13.1. The third-order valence-corrected chi connectivity index (χ3v) is 7.39. The lowest BCUT2D eigenvalue weighted by Gasteiger charge is -2.31. The van der Waals surface area contributed by atoms with Gasteiger partial charge in [-0.1, -0.05) is 11.6 Å². The Morgan fingerprint density at radius 2 is 1.78 bits per heavy atom. The zero-order chi connectivity index (χ0) is 23.3. The van der Waals surface area contributed by atoms with Crippen molar-refractivity contribution in [1.82, 2.24) is 4.31 Å². The molecule has 0 spiro atoms. The minimum absolute atomic E-state index is 0.0112. The van der Waals surface area contributed by atoms with Crippen LogP contribution in [0.4, 0.5) is 5.69 Å². The Hall–Kier alpha value is -2.62. The molecule has 0 saturated carbocycles. The summed E-state index contributed by atoms with van der Waals surface area (Å²) in [7, 11) is -2.40. The van der Waals surface area contributed by atoms with Gasteiger partial charge < -0.3 is 14.8 Å². The number of benzene rings is 2. The first kappa shape index (κ1) is 24.0. The number of anilines is 1. The number of piperidine rings is 1. The molecule has 1 fully saturated rings. The Morgan fingerprint density at radius 3 is 2.38 bits per heavy atom. The number of esters is 1. The molecule has 1 heterocycles. The zero-order valence-electron chi connectivity index (χ0n) is 17.8. The van der Waals surface area contributed by atoms with Crippen molar-refractivity contribution in [3.63, 3.8) is 0 Å². The van der Waals surface area contributed by atoms with Gasteiger partial charge in [0, 0.05) is 29.7 Å². The highest BCUT2D eigenvalue weighted by Crippen LogP contribution is 2.32. The molecule has 1 saturated heterocycles. The van der Waals surface area contributed by atoms with Gasteiger partial charge in [0.1, 0.15) is 10.6 Å². The van der Waals surface area contributed by atoms with Gasteiger partial charge in [-0.15, -0.1) is 0 Å². The second-order valence-electron chi connectivity index (χ2n) is 7.26. The van der Waals surface area contributed by atoms with Gasteiger partial charge in [-0.25, -0.2) is 13.2 Å². The van der Waals surface area contributed by atoms with E-state index in [2.05, 4.69) is 5.32 Å². The van der Waals surface area contributed by atoms with E-state index in [1.807, 2.05) is 0 Å². The SMILES string of the molecule is CCOC(=O)c1ccc(NC(=O)C2CCN(S(=O)(=O)c3cc(Cl)ccc3OC)CC2)cc1. The molecule has 0 radical (unpaired) electrons. The highest BCUT2D eigenvalue weighted by atomic mass is 35.5. The summed E-state index contributed by atoms with van der Waals surface area (Å²) in [5.41, 5.74) is 0.960. The van der Waals surface area contributed by atoms with Crippen LogP contribution in [-0.4, -0.2) is 51.4 Å². The summed E-state index contributed by atoms with van der Waals surface area (Å²) in [6.45, 7) is 2.43. The van der Waals surface area contributed by atoms with Gasteiger partial charge in [0.2, 0.25) is 15.9 Å². The minimum Gasteiger partial charge on any atom is -0.495 e. The quantitative estimate of drug-likeness (QED) is 0.608. The molecule has 2 aromatic carbocycles. The molecular formula is C22H25ClN2O6S. The molecule has 0 aliphatic carbocycles. The first-order valence-corrected chi connectivity index (χ1v) is 12.0. The third-order valence-electron chi connectivity index (χ3n) is 5.23. The topological polar surface area (TPSA) is 102 Å². The predicted octanol–water partition coefficient (Wildman–Crippen LogP) is 3.56. The zero-order valence-corrected chi connectivity index (χ0v) is 19.4. The normalized spacial score (nSPS) is 15.2. The number of ether oxygens (including phenoxy) is 2. The van der Waals surface area contributed by atoms with E-state index in [1.165, 1.54) is 23.5 Å². The van der Waals surface area contributed by atoms with Gasteiger partial charge in [-0.05, 0) is 62.2 Å². The number of carbonyl (C=O) groups is 2. The average Bonchev–Trinajstić information content (AvgIpc) is 2.79. The summed E-state index contributed by atoms with van der Waals surface area (Å²) < 4.78 is 37.6. The number of rotatable bonds is 7. The number of amides is 1. The van der Waals surface area contributed by atoms with Gasteiger partial charge in [-0.2, -0.15) is 4.31 Å². The molecule has 10 heteroatoms. The van der Waals surface area contributed by atoms with Crippen LogP contribution < -0.4 is 10.1 Å². The van der Waals surface area contributed by atoms with Gasteiger partial charge in [-0.3, -0.25) is 4.79 Å². The van der Waals surface area contributed by atoms with E-state index >= 15 is 0 Å². The number of carbonyl (C=O) groups excluding carboxylic acids is 2. The van der Waals surface area contributed by atoms with E-state index < -0.39 is 16.0 Å². The molecule has 172 valence electrons. The average molecular weight is 481 g/mol. The third kappa shape index (κ3) is 5.40. The summed E-state index contributed by atoms with van der Waals surface area (Å²) in [5, 5.41) is 3.12. The highest BCUT2D eigenvalue weighted by molar-refractivity contribution is 7.89. The number of hydrogen-bond donors (Lipinski definition) is 1. The fourth-order valence-corrected chi connectivity index (χ4v) is 5.39. The van der Waals surface area contributed by atoms with Crippen molar-refractivity contribution < 1.29 is 27.5 Å². The lowest BCUT2D eigenvalue weighted by Crippen LogP contribution is -2.41. The Morgan fingerprint density at radius 1 is 1.12 bits per heavy atom. The molecule has 32 heavy (non-hydrogen) atoms. The standard InChI is InChI=1S/C22H25ClN2O6S/c1-3-31-22(27)16-4-7-18(8-5-16)24-21(26)15-10-12-25(13-11-15)32(28,29)20-14-17(23)6-9-19(20)30-2/h4-9,14-15H,3,10-13H2,1-2H3,(H,24,26). The van der Waals surface area contributed by atoms with E-state index in [-0.39, 0.29) is 42.2 Å². The van der Waals surface area contributed by atoms with Gasteiger partial charge >= 0.3 is 5.97 Å². The van der Waals surface area contributed by atoms with Crippen molar-refractivity contribution in [2.45, 2.75) is 24.7 Å². The van der Waals surface area contributed by atoms with Crippen LogP contribution >= 0.6 is 11.6 Å². The smallest absolute Gasteiger partial charge is 0.338 e. The summed E-state index contributed by atoms with van der Waals surface area (Å²) in [6, 6.07) is 10.9. The molecule has 3 rings (SSSR count). The van der Waals surface area contributed by atoms with E-state index in [1.54, 1.807) is 37.3 Å². The maximum atomic E-state index is 13.1. The van der Waals surface area contributed by atoms with Crippen molar-refractivity contribution in [1.29, 1.82) is 0 Å². The summed E-state index contributed by atoms with van der Waals surface area (Å²) >= 11 is 5.99. The molecule has 1 aliphatic heterocycles. The second-order valence-corrected chi connectivity index (χ2v) is 9.60. The molecule has 0 atom stereocenters. The number of methoxy groups -OCH3 is 1. The van der Waals surface area contributed by atoms with Gasteiger partial charge in [0.15, 0.2) is 0 Å². The van der Waals surface area contributed by atoms with Crippen LogP contribution in [0.1, 0.15) is 30.1 Å². The molecule has 0 aromatic heterocycles. The number of nitrogens with zero attached hydrogens (tertiary/aromatic N) is 1. The first-order chi connectivity index (χ1) is 15.3. The monoisotopic (exact) mass is 480 g/mol. The Labute approximate surface area is 192 Å². The van der Waals surface area contributed by atoms with E-state index in [4.69, 9.17) is 21.1 Å². The first-order valence-electron chi connectivity index (χ1n) is 10.2. The van der Waals surface area contributed by atoms with Crippen LogP contribution in [0.2, 0.25) is 5.02 Å². The van der Waals surface area contributed by atoms with Gasteiger partial charge in [0.05, 0.1) is 19.3 Å². The number of nitrogens with one attached hydrogen (secondary N) is 1. The molecule has 8 nitrogen and oxygen atoms in total. The van der Waals surface area contributed by atoms with E-state index in [0.717, 1.165) is 0 Å². The Bertz CT molecular complexity index is 1080. The molecule has 1 amide bonds. The van der Waals surface area contributed by atoms with Crippen molar-refractivity contribution >= 4 is 39.2 Å². The molecular weight excluding hydrogens is 456 g/mol. The van der Waals surface area contributed by atoms with Crippen LogP contribution in [0.5, 0.6) is 5.75 Å². The Balaban J connectivity index is 1.61. The minimum atomic E-state index is -3.80. The van der Waals surface area contributed by atoms with Crippen LogP contribution in [0, 0.1) is 5.92 Å². The molecule has 0 bridgehead atoms. The lowest BCUT2D eigenvalue weighted by atomic mass is 9.97. The van der Waals surface area contributed by atoms with Crippen molar-refractivity contribution in [3.05, 3.63) is 53.1 Å². The highest BCUT2D eigenvalue weighted by Gasteiger charge is 2.34. The van der Waals surface area contributed by atoms with Crippen LogP contribution in [0.25, 0.3) is 0 Å². The maximum Gasteiger partial charge on any atom is 0.338 e. The molecule has 0 unspecified atom stereocenters. The van der Waals surface area contributed by atoms with Crippen molar-refractivity contribution in [3.8, 4) is 5.75 Å². The Kier molecular flexibility index (Phi) is 7.76. The van der Waals surface area contributed by atoms with Crippen molar-refractivity contribution in [2.75, 3.05) is 32.1 Å². The summed E-state index contributed by atoms with van der Waals surface area (Å²) in [6.07, 6.45) is 0.768. The summed E-state index contributed by atoms with van der Waals surface area (Å²) in [4.78, 5) is 24.4. The fraction of sp³-hybridized carbons (Fsp3) is 0.364. The summed E-state index contributed by atoms with van der Waals surface area (Å²) in [5.74, 6) is -0.713. The predicted molar refractivity (Wildman–Crippen MR) is 121 cm³/mol. The number of hydrogen-bond acceptors (Lipinski definition) is 6. The molecule has 1 N–H and O–H groups in total. The fourth-order valence-electron chi connectivity index (χ4n) is 3.50.